The zero-order chi connectivity index (χ0) is 10.2. The summed E-state index contributed by atoms with van der Waals surface area (Å²) >= 11 is 2.06. The molecule has 0 radical (unpaired) electrons. The highest BCUT2D eigenvalue weighted by Crippen LogP contribution is 2.26. The van der Waals surface area contributed by atoms with Crippen molar-refractivity contribution in [3.63, 3.8) is 0 Å². The Labute approximate surface area is 93.4 Å². The van der Waals surface area contributed by atoms with Crippen LogP contribution in [0.5, 0.6) is 0 Å². The summed E-state index contributed by atoms with van der Waals surface area (Å²) in [6.07, 6.45) is 12.0. The van der Waals surface area contributed by atoms with Crippen LogP contribution in [0.4, 0.5) is 0 Å². The van der Waals surface area contributed by atoms with Gasteiger partial charge in [-0.1, -0.05) is 32.6 Å². The zero-order valence-electron chi connectivity index (χ0n) is 9.72. The molecule has 0 aromatic rings. The summed E-state index contributed by atoms with van der Waals surface area (Å²) < 4.78 is 0. The van der Waals surface area contributed by atoms with Crippen molar-refractivity contribution in [3.05, 3.63) is 0 Å². The molecule has 1 rings (SSSR count). The van der Waals surface area contributed by atoms with Crippen LogP contribution in [-0.2, 0) is 0 Å². The van der Waals surface area contributed by atoms with E-state index >= 15 is 0 Å². The maximum atomic E-state index is 3.74. The molecule has 2 unspecified atom stereocenters. The fourth-order valence-electron chi connectivity index (χ4n) is 2.27. The normalized spacial score (nSPS) is 27.9. The first kappa shape index (κ1) is 12.4. The Hall–Kier alpha value is 0.310. The minimum atomic E-state index is 0.801. The van der Waals surface area contributed by atoms with E-state index < -0.39 is 0 Å². The Kier molecular flexibility index (Phi) is 6.70. The molecule has 0 aromatic carbocycles. The summed E-state index contributed by atoms with van der Waals surface area (Å²) in [7, 11) is 0. The largest absolute Gasteiger partial charge is 0.313 e. The van der Waals surface area contributed by atoms with Gasteiger partial charge >= 0.3 is 0 Å². The molecular weight excluding hydrogens is 190 g/mol. The molecular formula is C12H25NS. The Bertz CT molecular complexity index is 138. The van der Waals surface area contributed by atoms with Gasteiger partial charge < -0.3 is 5.32 Å². The van der Waals surface area contributed by atoms with Crippen molar-refractivity contribution >= 4 is 11.8 Å². The molecule has 0 saturated heterocycles. The molecule has 2 atom stereocenters. The molecule has 0 amide bonds. The lowest BCUT2D eigenvalue weighted by atomic mass is 9.95. The van der Waals surface area contributed by atoms with Crippen LogP contribution in [0.2, 0.25) is 0 Å². The Morgan fingerprint density at radius 1 is 1.21 bits per heavy atom. The van der Waals surface area contributed by atoms with Crippen molar-refractivity contribution in [1.82, 2.24) is 5.32 Å². The average Bonchev–Trinajstić information content (AvgIpc) is 2.25. The van der Waals surface area contributed by atoms with E-state index in [1.54, 1.807) is 0 Å². The molecule has 0 bridgehead atoms. The van der Waals surface area contributed by atoms with Gasteiger partial charge in [0.15, 0.2) is 0 Å². The van der Waals surface area contributed by atoms with Crippen molar-refractivity contribution in [2.24, 2.45) is 0 Å². The van der Waals surface area contributed by atoms with Crippen LogP contribution in [0.3, 0.4) is 0 Å². The lowest BCUT2D eigenvalue weighted by Gasteiger charge is -2.31. The van der Waals surface area contributed by atoms with E-state index in [1.165, 1.54) is 51.5 Å². The smallest absolute Gasteiger partial charge is 0.0198 e. The van der Waals surface area contributed by atoms with Gasteiger partial charge in [0.2, 0.25) is 0 Å². The molecule has 0 heterocycles. The number of hydrogen-bond donors (Lipinski definition) is 1. The van der Waals surface area contributed by atoms with Gasteiger partial charge in [0.1, 0.15) is 0 Å². The molecule has 1 nitrogen and oxygen atoms in total. The van der Waals surface area contributed by atoms with Crippen LogP contribution in [0.1, 0.15) is 51.9 Å². The Balaban J connectivity index is 2.13. The lowest BCUT2D eigenvalue weighted by molar-refractivity contribution is 0.381. The van der Waals surface area contributed by atoms with Crippen LogP contribution >= 0.6 is 11.8 Å². The number of nitrogens with one attached hydrogen (secondary N) is 1. The number of unbranched alkanes of at least 4 members (excludes halogenated alkanes) is 2. The molecule has 84 valence electrons. The van der Waals surface area contributed by atoms with Gasteiger partial charge in [-0.2, -0.15) is 11.8 Å². The van der Waals surface area contributed by atoms with E-state index in [0.29, 0.717) is 0 Å². The van der Waals surface area contributed by atoms with Crippen molar-refractivity contribution < 1.29 is 0 Å². The summed E-state index contributed by atoms with van der Waals surface area (Å²) in [5.74, 6) is 0. The topological polar surface area (TPSA) is 12.0 Å². The second-order valence-electron chi connectivity index (χ2n) is 4.33. The molecule has 1 fully saturated rings. The van der Waals surface area contributed by atoms with Gasteiger partial charge in [0, 0.05) is 11.3 Å². The van der Waals surface area contributed by atoms with Crippen LogP contribution in [0.25, 0.3) is 0 Å². The number of rotatable bonds is 6. The molecule has 1 aliphatic carbocycles. The van der Waals surface area contributed by atoms with Gasteiger partial charge in [-0.05, 0) is 32.1 Å². The fraction of sp³-hybridized carbons (Fsp3) is 1.00. The predicted molar refractivity (Wildman–Crippen MR) is 67.1 cm³/mol. The van der Waals surface area contributed by atoms with E-state index in [9.17, 15) is 0 Å². The Morgan fingerprint density at radius 2 is 2.00 bits per heavy atom. The Morgan fingerprint density at radius 3 is 2.71 bits per heavy atom. The van der Waals surface area contributed by atoms with Crippen LogP contribution < -0.4 is 5.32 Å². The third kappa shape index (κ3) is 4.22. The van der Waals surface area contributed by atoms with E-state index in [4.69, 9.17) is 0 Å². The average molecular weight is 215 g/mol. The third-order valence-corrected chi connectivity index (χ3v) is 4.36. The first-order valence-electron chi connectivity index (χ1n) is 6.14. The monoisotopic (exact) mass is 215 g/mol. The zero-order valence-corrected chi connectivity index (χ0v) is 10.5. The standard InChI is InChI=1S/C12H25NS/c1-3-4-7-10-13-11-8-5-6-9-12(11)14-2/h11-13H,3-10H2,1-2H3. The fourth-order valence-corrected chi connectivity index (χ4v) is 3.24. The minimum Gasteiger partial charge on any atom is -0.313 e. The summed E-state index contributed by atoms with van der Waals surface area (Å²) in [5, 5.41) is 4.62. The van der Waals surface area contributed by atoms with Crippen LogP contribution in [0, 0.1) is 0 Å². The van der Waals surface area contributed by atoms with Gasteiger partial charge in [-0.25, -0.2) is 0 Å². The van der Waals surface area contributed by atoms with Gasteiger partial charge in [-0.15, -0.1) is 0 Å². The SMILES string of the molecule is CCCCCNC1CCCCC1SC. The molecule has 0 aliphatic heterocycles. The molecule has 1 aliphatic rings. The molecule has 14 heavy (non-hydrogen) atoms. The highest BCUT2D eigenvalue weighted by atomic mass is 32.2. The predicted octanol–water partition coefficient (Wildman–Crippen LogP) is 3.44. The first-order chi connectivity index (χ1) is 6.88. The van der Waals surface area contributed by atoms with Gasteiger partial charge in [0.05, 0.1) is 0 Å². The van der Waals surface area contributed by atoms with Gasteiger partial charge in [-0.3, -0.25) is 0 Å². The van der Waals surface area contributed by atoms with Crippen molar-refractivity contribution in [1.29, 1.82) is 0 Å². The molecule has 1 saturated carbocycles. The molecule has 1 N–H and O–H groups in total. The summed E-state index contributed by atoms with van der Waals surface area (Å²) in [6, 6.07) is 0.801. The highest BCUT2D eigenvalue weighted by molar-refractivity contribution is 7.99. The van der Waals surface area contributed by atoms with Crippen molar-refractivity contribution in [2.75, 3.05) is 12.8 Å². The van der Waals surface area contributed by atoms with E-state index in [0.717, 1.165) is 11.3 Å². The van der Waals surface area contributed by atoms with E-state index in [2.05, 4.69) is 30.3 Å². The second-order valence-corrected chi connectivity index (χ2v) is 5.40. The third-order valence-electron chi connectivity index (χ3n) is 3.19. The maximum Gasteiger partial charge on any atom is 0.0198 e. The van der Waals surface area contributed by atoms with Crippen molar-refractivity contribution in [3.8, 4) is 0 Å². The van der Waals surface area contributed by atoms with Crippen molar-refractivity contribution in [2.45, 2.75) is 63.2 Å². The summed E-state index contributed by atoms with van der Waals surface area (Å²) in [6.45, 7) is 3.50. The van der Waals surface area contributed by atoms with Gasteiger partial charge in [0.25, 0.3) is 0 Å². The number of thioether (sulfide) groups is 1. The van der Waals surface area contributed by atoms with Crippen LogP contribution in [0.15, 0.2) is 0 Å². The lowest BCUT2D eigenvalue weighted by Crippen LogP contribution is -2.40. The van der Waals surface area contributed by atoms with Crippen LogP contribution in [-0.4, -0.2) is 24.1 Å². The number of hydrogen-bond acceptors (Lipinski definition) is 2. The highest BCUT2D eigenvalue weighted by Gasteiger charge is 2.23. The first-order valence-corrected chi connectivity index (χ1v) is 7.43. The minimum absolute atomic E-state index is 0.801. The maximum absolute atomic E-state index is 3.74. The molecule has 0 aromatic heterocycles. The second kappa shape index (κ2) is 7.58. The van der Waals surface area contributed by atoms with E-state index in [-0.39, 0.29) is 0 Å². The summed E-state index contributed by atoms with van der Waals surface area (Å²) in [4.78, 5) is 0. The van der Waals surface area contributed by atoms with E-state index in [1.807, 2.05) is 0 Å². The molecule has 2 heteroatoms. The molecule has 0 spiro atoms. The quantitative estimate of drug-likeness (QED) is 0.681. The summed E-state index contributed by atoms with van der Waals surface area (Å²) in [5.41, 5.74) is 0.